The van der Waals surface area contributed by atoms with Gasteiger partial charge in [-0.25, -0.2) is 0 Å². The van der Waals surface area contributed by atoms with Crippen molar-refractivity contribution in [3.8, 4) is 0 Å². The second kappa shape index (κ2) is 5.32. The summed E-state index contributed by atoms with van der Waals surface area (Å²) in [5.74, 6) is 0.230. The number of carbonyl (C=O) groups excluding carboxylic acids is 1. The van der Waals surface area contributed by atoms with Crippen LogP contribution in [0.3, 0.4) is 0 Å². The monoisotopic (exact) mass is 234 g/mol. The topological polar surface area (TPSA) is 55.1 Å². The Hall–Kier alpha value is -1.35. The third-order valence-corrected chi connectivity index (χ3v) is 3.41. The van der Waals surface area contributed by atoms with Crippen LogP contribution in [-0.4, -0.2) is 18.0 Å². The summed E-state index contributed by atoms with van der Waals surface area (Å²) in [7, 11) is 0. The van der Waals surface area contributed by atoms with Crippen molar-refractivity contribution in [3.05, 3.63) is 35.4 Å². The van der Waals surface area contributed by atoms with Crippen molar-refractivity contribution in [2.24, 2.45) is 11.7 Å². The molecule has 0 heterocycles. The van der Waals surface area contributed by atoms with Crippen LogP contribution in [0.2, 0.25) is 0 Å². The number of aryl methyl sites for hydroxylation is 1. The second-order valence-electron chi connectivity index (χ2n) is 5.10. The maximum atomic E-state index is 12.1. The molecule has 3 N–H and O–H groups in total. The molecule has 0 bridgehead atoms. The lowest BCUT2D eigenvalue weighted by atomic mass is 9.88. The average Bonchev–Trinajstić information content (AvgIpc) is 2.29. The third kappa shape index (κ3) is 3.30. The van der Waals surface area contributed by atoms with Crippen molar-refractivity contribution in [2.75, 3.05) is 6.54 Å². The second-order valence-corrected chi connectivity index (χ2v) is 5.10. The van der Waals surface area contributed by atoms with Crippen LogP contribution in [0.5, 0.6) is 0 Å². The van der Waals surface area contributed by atoms with Crippen LogP contribution in [0.4, 0.5) is 0 Å². The highest BCUT2D eigenvalue weighted by molar-refractivity contribution is 5.94. The summed E-state index contributed by atoms with van der Waals surface area (Å²) in [6.07, 6.45) is 0. The summed E-state index contributed by atoms with van der Waals surface area (Å²) in [6, 6.07) is 7.54. The molecule has 1 aromatic carbocycles. The number of hydrogen-bond acceptors (Lipinski definition) is 2. The molecule has 1 amide bonds. The van der Waals surface area contributed by atoms with Gasteiger partial charge in [-0.1, -0.05) is 31.5 Å². The average molecular weight is 234 g/mol. The Balaban J connectivity index is 2.81. The van der Waals surface area contributed by atoms with E-state index in [0.717, 1.165) is 5.56 Å². The zero-order chi connectivity index (χ0) is 13.1. The molecule has 0 spiro atoms. The first-order chi connectivity index (χ1) is 7.89. The van der Waals surface area contributed by atoms with Gasteiger partial charge in [0.25, 0.3) is 5.91 Å². The highest BCUT2D eigenvalue weighted by Crippen LogP contribution is 2.16. The van der Waals surface area contributed by atoms with Gasteiger partial charge in [-0.3, -0.25) is 4.79 Å². The van der Waals surface area contributed by atoms with Crippen LogP contribution in [0, 0.1) is 12.8 Å². The molecule has 94 valence electrons. The quantitative estimate of drug-likeness (QED) is 0.838. The number of nitrogens with one attached hydrogen (secondary N) is 1. The molecule has 0 saturated heterocycles. The van der Waals surface area contributed by atoms with Gasteiger partial charge in [0.1, 0.15) is 0 Å². The van der Waals surface area contributed by atoms with E-state index in [0.29, 0.717) is 18.0 Å². The van der Waals surface area contributed by atoms with Crippen LogP contribution in [0.15, 0.2) is 24.3 Å². The van der Waals surface area contributed by atoms with Crippen LogP contribution < -0.4 is 11.1 Å². The van der Waals surface area contributed by atoms with E-state index in [-0.39, 0.29) is 11.4 Å². The minimum atomic E-state index is -0.359. The van der Waals surface area contributed by atoms with E-state index in [9.17, 15) is 4.79 Å². The van der Waals surface area contributed by atoms with E-state index in [1.807, 2.05) is 38.1 Å². The number of carbonyl (C=O) groups is 1. The number of rotatable bonds is 4. The molecule has 0 saturated carbocycles. The van der Waals surface area contributed by atoms with Gasteiger partial charge in [-0.15, -0.1) is 0 Å². The molecule has 17 heavy (non-hydrogen) atoms. The Kier molecular flexibility index (Phi) is 4.29. The molecule has 1 atom stereocenters. The van der Waals surface area contributed by atoms with E-state index < -0.39 is 0 Å². The molecule has 3 heteroatoms. The van der Waals surface area contributed by atoms with Crippen molar-refractivity contribution in [1.29, 1.82) is 0 Å². The molecule has 0 fully saturated rings. The zero-order valence-corrected chi connectivity index (χ0v) is 11.1. The van der Waals surface area contributed by atoms with Crippen molar-refractivity contribution >= 4 is 5.91 Å². The van der Waals surface area contributed by atoms with Crippen molar-refractivity contribution in [3.63, 3.8) is 0 Å². The summed E-state index contributed by atoms with van der Waals surface area (Å²) in [6.45, 7) is 8.52. The Morgan fingerprint density at radius 3 is 2.29 bits per heavy atom. The van der Waals surface area contributed by atoms with Gasteiger partial charge in [-0.05, 0) is 31.9 Å². The Labute approximate surface area is 103 Å². The largest absolute Gasteiger partial charge is 0.345 e. The molecule has 1 rings (SSSR count). The fourth-order valence-electron chi connectivity index (χ4n) is 1.47. The molecule has 0 aromatic heterocycles. The van der Waals surface area contributed by atoms with Gasteiger partial charge in [0.15, 0.2) is 0 Å². The van der Waals surface area contributed by atoms with Crippen LogP contribution in [0.25, 0.3) is 0 Å². The zero-order valence-electron chi connectivity index (χ0n) is 11.1. The highest BCUT2D eigenvalue weighted by atomic mass is 16.1. The molecule has 0 aliphatic carbocycles. The first kappa shape index (κ1) is 13.7. The molecule has 0 aliphatic rings. The van der Waals surface area contributed by atoms with E-state index >= 15 is 0 Å². The minimum absolute atomic E-state index is 0.0633. The summed E-state index contributed by atoms with van der Waals surface area (Å²) < 4.78 is 0. The SMILES string of the molecule is Cc1ccc(C(=O)NC(C)(CN)C(C)C)cc1. The van der Waals surface area contributed by atoms with Crippen molar-refractivity contribution < 1.29 is 4.79 Å². The molecule has 0 radical (unpaired) electrons. The van der Waals surface area contributed by atoms with Gasteiger partial charge in [0.05, 0.1) is 5.54 Å². The van der Waals surface area contributed by atoms with Gasteiger partial charge in [0, 0.05) is 12.1 Å². The summed E-state index contributed by atoms with van der Waals surface area (Å²) in [4.78, 5) is 12.1. The molecule has 1 aromatic rings. The summed E-state index contributed by atoms with van der Waals surface area (Å²) in [5.41, 5.74) is 7.21. The number of nitrogens with two attached hydrogens (primary N) is 1. The van der Waals surface area contributed by atoms with Crippen molar-refractivity contribution in [2.45, 2.75) is 33.2 Å². The highest BCUT2D eigenvalue weighted by Gasteiger charge is 2.28. The Bertz CT molecular complexity index is 384. The van der Waals surface area contributed by atoms with E-state index in [4.69, 9.17) is 5.73 Å². The lowest BCUT2D eigenvalue weighted by Gasteiger charge is -2.33. The normalized spacial score (nSPS) is 14.5. The number of hydrogen-bond donors (Lipinski definition) is 2. The molecular formula is C14H22N2O. The van der Waals surface area contributed by atoms with Crippen molar-refractivity contribution in [1.82, 2.24) is 5.32 Å². The fourth-order valence-corrected chi connectivity index (χ4v) is 1.47. The summed E-state index contributed by atoms with van der Waals surface area (Å²) in [5, 5.41) is 3.01. The Morgan fingerprint density at radius 1 is 1.35 bits per heavy atom. The Morgan fingerprint density at radius 2 is 1.88 bits per heavy atom. The fraction of sp³-hybridized carbons (Fsp3) is 0.500. The molecule has 1 unspecified atom stereocenters. The predicted molar refractivity (Wildman–Crippen MR) is 70.9 cm³/mol. The van der Waals surface area contributed by atoms with E-state index in [1.165, 1.54) is 0 Å². The van der Waals surface area contributed by atoms with E-state index in [1.54, 1.807) is 0 Å². The smallest absolute Gasteiger partial charge is 0.251 e. The first-order valence-corrected chi connectivity index (χ1v) is 5.98. The van der Waals surface area contributed by atoms with Crippen LogP contribution in [-0.2, 0) is 0 Å². The third-order valence-electron chi connectivity index (χ3n) is 3.41. The number of benzene rings is 1. The van der Waals surface area contributed by atoms with Gasteiger partial charge >= 0.3 is 0 Å². The minimum Gasteiger partial charge on any atom is -0.345 e. The maximum Gasteiger partial charge on any atom is 0.251 e. The first-order valence-electron chi connectivity index (χ1n) is 5.98. The predicted octanol–water partition coefficient (Wildman–Crippen LogP) is 2.10. The molecule has 0 aliphatic heterocycles. The standard InChI is InChI=1S/C14H22N2O/c1-10(2)14(4,9-15)16-13(17)12-7-5-11(3)6-8-12/h5-8,10H,9,15H2,1-4H3,(H,16,17). The number of amides is 1. The van der Waals surface area contributed by atoms with Crippen LogP contribution >= 0.6 is 0 Å². The maximum absolute atomic E-state index is 12.1. The van der Waals surface area contributed by atoms with Gasteiger partial charge in [0.2, 0.25) is 0 Å². The lowest BCUT2D eigenvalue weighted by Crippen LogP contribution is -2.55. The summed E-state index contributed by atoms with van der Waals surface area (Å²) >= 11 is 0. The van der Waals surface area contributed by atoms with Gasteiger partial charge in [-0.2, -0.15) is 0 Å². The molecule has 3 nitrogen and oxygen atoms in total. The van der Waals surface area contributed by atoms with E-state index in [2.05, 4.69) is 19.2 Å². The molecular weight excluding hydrogens is 212 g/mol. The van der Waals surface area contributed by atoms with Gasteiger partial charge < -0.3 is 11.1 Å². The lowest BCUT2D eigenvalue weighted by molar-refractivity contribution is 0.0883. The van der Waals surface area contributed by atoms with Crippen LogP contribution in [0.1, 0.15) is 36.7 Å².